The Bertz CT molecular complexity index is 756. The van der Waals surface area contributed by atoms with Gasteiger partial charge in [0.1, 0.15) is 18.3 Å². The maximum atomic E-state index is 12.3. The van der Waals surface area contributed by atoms with Crippen LogP contribution in [0.5, 0.6) is 0 Å². The molecule has 0 aromatic carbocycles. The average molecular weight is 369 g/mol. The lowest BCUT2D eigenvalue weighted by Gasteiger charge is -2.25. The van der Waals surface area contributed by atoms with Gasteiger partial charge in [-0.2, -0.15) is 0 Å². The van der Waals surface area contributed by atoms with Gasteiger partial charge < -0.3 is 19.9 Å². The highest BCUT2D eigenvalue weighted by atomic mass is 16.6. The molecule has 1 aromatic rings. The first-order valence-electron chi connectivity index (χ1n) is 8.77. The Labute approximate surface area is 151 Å². The van der Waals surface area contributed by atoms with Gasteiger partial charge in [0, 0.05) is 18.8 Å². The molecule has 2 rings (SSSR count). The number of aromatic amines is 1. The summed E-state index contributed by atoms with van der Waals surface area (Å²) in [5, 5.41) is 13.0. The molecule has 26 heavy (non-hydrogen) atoms. The molecular formula is C17H27N3O6. The number of hydrogen-bond donors (Lipinski definition) is 3. The molecule has 5 atom stereocenters. The predicted octanol–water partition coefficient (Wildman–Crippen LogP) is -0.152. The normalized spacial score (nSPS) is 26.9. The first-order valence-corrected chi connectivity index (χ1v) is 8.77. The Morgan fingerprint density at radius 2 is 2.08 bits per heavy atom. The van der Waals surface area contributed by atoms with Crippen molar-refractivity contribution >= 4 is 5.91 Å². The number of nitrogens with one attached hydrogen (secondary N) is 2. The van der Waals surface area contributed by atoms with E-state index in [-0.39, 0.29) is 11.8 Å². The summed E-state index contributed by atoms with van der Waals surface area (Å²) >= 11 is 0. The smallest absolute Gasteiger partial charge is 0.330 e. The maximum absolute atomic E-state index is 12.3. The second-order valence-electron chi connectivity index (χ2n) is 6.73. The number of likely N-dealkylation sites (N-methyl/N-ethyl adjacent to an activating group) is 1. The molecule has 1 saturated heterocycles. The first kappa shape index (κ1) is 20.3. The quantitative estimate of drug-likeness (QED) is 0.641. The van der Waals surface area contributed by atoms with E-state index in [1.165, 1.54) is 17.8 Å². The monoisotopic (exact) mass is 369 g/mol. The Balaban J connectivity index is 2.44. The zero-order valence-corrected chi connectivity index (χ0v) is 15.7. The van der Waals surface area contributed by atoms with Gasteiger partial charge >= 0.3 is 5.69 Å². The minimum atomic E-state index is -1.02. The fourth-order valence-electron chi connectivity index (χ4n) is 3.03. The molecule has 0 bridgehead atoms. The summed E-state index contributed by atoms with van der Waals surface area (Å²) < 4.78 is 12.8. The van der Waals surface area contributed by atoms with Crippen LogP contribution in [0.15, 0.2) is 15.8 Å². The number of carbonyl (C=O) groups is 1. The number of amides is 1. The highest BCUT2D eigenvalue weighted by Crippen LogP contribution is 2.33. The van der Waals surface area contributed by atoms with Crippen molar-refractivity contribution < 1.29 is 19.4 Å². The van der Waals surface area contributed by atoms with E-state index in [9.17, 15) is 19.5 Å². The zero-order chi connectivity index (χ0) is 19.6. The number of aliphatic hydroxyl groups excluding tert-OH is 1. The van der Waals surface area contributed by atoms with Gasteiger partial charge in [0.15, 0.2) is 6.23 Å². The average Bonchev–Trinajstić information content (AvgIpc) is 2.89. The van der Waals surface area contributed by atoms with Crippen molar-refractivity contribution in [2.45, 2.75) is 70.7 Å². The van der Waals surface area contributed by atoms with E-state index in [1.54, 1.807) is 6.92 Å². The molecule has 2 heterocycles. The molecule has 9 nitrogen and oxygen atoms in total. The summed E-state index contributed by atoms with van der Waals surface area (Å²) in [7, 11) is 1.48. The Kier molecular flexibility index (Phi) is 6.38. The van der Waals surface area contributed by atoms with E-state index in [4.69, 9.17) is 9.47 Å². The molecule has 1 aromatic heterocycles. The number of nitrogens with zero attached hydrogens (tertiary/aromatic N) is 1. The summed E-state index contributed by atoms with van der Waals surface area (Å²) in [5.41, 5.74) is -0.696. The molecule has 1 aliphatic rings. The van der Waals surface area contributed by atoms with Crippen LogP contribution in [0.2, 0.25) is 0 Å². The molecule has 1 amide bonds. The number of carbonyl (C=O) groups excluding carboxylic acids is 1. The lowest BCUT2D eigenvalue weighted by Crippen LogP contribution is -2.44. The highest BCUT2D eigenvalue weighted by molar-refractivity contribution is 5.79. The number of aliphatic hydroxyl groups is 1. The van der Waals surface area contributed by atoms with Crippen molar-refractivity contribution in [1.82, 2.24) is 14.9 Å². The topological polar surface area (TPSA) is 123 Å². The Morgan fingerprint density at radius 1 is 1.42 bits per heavy atom. The maximum Gasteiger partial charge on any atom is 0.330 e. The molecule has 1 fully saturated rings. The Hall–Kier alpha value is -1.97. The van der Waals surface area contributed by atoms with Crippen LogP contribution in [0.25, 0.3) is 0 Å². The second kappa shape index (κ2) is 8.15. The number of rotatable bonds is 6. The van der Waals surface area contributed by atoms with Gasteiger partial charge in [-0.15, -0.1) is 0 Å². The first-order chi connectivity index (χ1) is 12.2. The third-order valence-electron chi connectivity index (χ3n) is 4.58. The van der Waals surface area contributed by atoms with Crippen LogP contribution in [-0.4, -0.2) is 52.0 Å². The molecule has 0 saturated carbocycles. The second-order valence-corrected chi connectivity index (χ2v) is 6.73. The van der Waals surface area contributed by atoms with Crippen LogP contribution in [-0.2, 0) is 14.3 Å². The minimum Gasteiger partial charge on any atom is -0.388 e. The minimum absolute atomic E-state index is 0.108. The number of aromatic nitrogens is 2. The fraction of sp³-hybridized carbons (Fsp3) is 0.706. The van der Waals surface area contributed by atoms with E-state index >= 15 is 0 Å². The van der Waals surface area contributed by atoms with Crippen LogP contribution >= 0.6 is 0 Å². The van der Waals surface area contributed by atoms with Gasteiger partial charge in [0.2, 0.25) is 5.91 Å². The fourth-order valence-corrected chi connectivity index (χ4v) is 3.03. The standard InChI is InChI=1S/C17H27N3O6/c1-6-11-12(21)13(25-9(4)14(22)18-5)16(26-11)20-7-10(8(2)3)15(23)19-17(20)24/h7-9,11-13,16,21H,6H2,1-5H3,(H,18,22)(H,19,23,24). The summed E-state index contributed by atoms with van der Waals surface area (Å²) in [5.74, 6) is -0.462. The van der Waals surface area contributed by atoms with Gasteiger partial charge in [-0.05, 0) is 19.3 Å². The molecule has 146 valence electrons. The molecular weight excluding hydrogens is 342 g/mol. The van der Waals surface area contributed by atoms with E-state index in [2.05, 4.69) is 10.3 Å². The van der Waals surface area contributed by atoms with Crippen molar-refractivity contribution in [3.63, 3.8) is 0 Å². The van der Waals surface area contributed by atoms with Gasteiger partial charge in [0.25, 0.3) is 5.56 Å². The summed E-state index contributed by atoms with van der Waals surface area (Å²) in [6.45, 7) is 7.06. The lowest BCUT2D eigenvalue weighted by atomic mass is 10.1. The molecule has 9 heteroatoms. The zero-order valence-electron chi connectivity index (χ0n) is 15.7. The van der Waals surface area contributed by atoms with E-state index in [0.29, 0.717) is 12.0 Å². The van der Waals surface area contributed by atoms with Crippen LogP contribution in [0.4, 0.5) is 0 Å². The van der Waals surface area contributed by atoms with E-state index in [0.717, 1.165) is 0 Å². The molecule has 5 unspecified atom stereocenters. The van der Waals surface area contributed by atoms with Gasteiger partial charge in [-0.1, -0.05) is 20.8 Å². The predicted molar refractivity (Wildman–Crippen MR) is 94.0 cm³/mol. The van der Waals surface area contributed by atoms with E-state index < -0.39 is 41.9 Å². The largest absolute Gasteiger partial charge is 0.388 e. The molecule has 0 spiro atoms. The third kappa shape index (κ3) is 3.89. The van der Waals surface area contributed by atoms with Crippen molar-refractivity contribution in [1.29, 1.82) is 0 Å². The Morgan fingerprint density at radius 3 is 2.62 bits per heavy atom. The number of hydrogen-bond acceptors (Lipinski definition) is 6. The van der Waals surface area contributed by atoms with Crippen molar-refractivity contribution in [3.05, 3.63) is 32.6 Å². The number of ether oxygens (including phenoxy) is 2. The lowest BCUT2D eigenvalue weighted by molar-refractivity contribution is -0.144. The molecule has 3 N–H and O–H groups in total. The number of H-pyrrole nitrogens is 1. The molecule has 0 radical (unpaired) electrons. The SMILES string of the molecule is CCC1OC(n2cc(C(C)C)c(=O)[nH]c2=O)C(OC(C)C(=O)NC)C1O. The van der Waals surface area contributed by atoms with E-state index in [1.807, 2.05) is 20.8 Å². The van der Waals surface area contributed by atoms with Gasteiger partial charge in [-0.25, -0.2) is 4.79 Å². The van der Waals surface area contributed by atoms with Crippen LogP contribution < -0.4 is 16.6 Å². The van der Waals surface area contributed by atoms with Crippen molar-refractivity contribution in [2.75, 3.05) is 7.05 Å². The third-order valence-corrected chi connectivity index (χ3v) is 4.58. The molecule has 1 aliphatic heterocycles. The van der Waals surface area contributed by atoms with Gasteiger partial charge in [-0.3, -0.25) is 19.1 Å². The van der Waals surface area contributed by atoms with Crippen LogP contribution in [0.3, 0.4) is 0 Å². The van der Waals surface area contributed by atoms with Crippen molar-refractivity contribution in [2.24, 2.45) is 0 Å². The summed E-state index contributed by atoms with van der Waals surface area (Å²) in [6.07, 6.45) is -2.37. The van der Waals surface area contributed by atoms with Crippen molar-refractivity contribution in [3.8, 4) is 0 Å². The van der Waals surface area contributed by atoms with Gasteiger partial charge in [0.05, 0.1) is 6.10 Å². The summed E-state index contributed by atoms with van der Waals surface area (Å²) in [6, 6.07) is 0. The summed E-state index contributed by atoms with van der Waals surface area (Å²) in [4.78, 5) is 38.4. The van der Waals surface area contributed by atoms with Crippen LogP contribution in [0, 0.1) is 0 Å². The molecule has 0 aliphatic carbocycles. The highest BCUT2D eigenvalue weighted by Gasteiger charge is 2.46. The van der Waals surface area contributed by atoms with Crippen LogP contribution in [0.1, 0.15) is 51.8 Å².